The van der Waals surface area contributed by atoms with E-state index in [1.165, 1.54) is 5.56 Å². The van der Waals surface area contributed by atoms with Gasteiger partial charge in [0.25, 0.3) is 0 Å². The van der Waals surface area contributed by atoms with Crippen molar-refractivity contribution in [3.63, 3.8) is 0 Å². The molecule has 140 valence electrons. The van der Waals surface area contributed by atoms with E-state index in [4.69, 9.17) is 4.98 Å². The van der Waals surface area contributed by atoms with Crippen LogP contribution in [-0.4, -0.2) is 38.6 Å². The van der Waals surface area contributed by atoms with Crippen LogP contribution in [0.5, 0.6) is 0 Å². The van der Waals surface area contributed by atoms with Gasteiger partial charge in [0.05, 0.1) is 0 Å². The number of carbonyl (C=O) groups excluding carboxylic acids is 1. The molecule has 0 spiro atoms. The van der Waals surface area contributed by atoms with Crippen LogP contribution in [0.4, 0.5) is 10.5 Å². The van der Waals surface area contributed by atoms with Gasteiger partial charge in [-0.15, -0.1) is 0 Å². The zero-order chi connectivity index (χ0) is 18.8. The Bertz CT molecular complexity index is 947. The van der Waals surface area contributed by atoms with Crippen LogP contribution >= 0.6 is 0 Å². The van der Waals surface area contributed by atoms with Crippen molar-refractivity contribution >= 4 is 22.9 Å². The van der Waals surface area contributed by atoms with Gasteiger partial charge in [0.1, 0.15) is 11.3 Å². The molecule has 1 N–H and O–H groups in total. The molecule has 1 aromatic carbocycles. The van der Waals surface area contributed by atoms with Crippen molar-refractivity contribution in [2.45, 2.75) is 39.2 Å². The van der Waals surface area contributed by atoms with Gasteiger partial charge in [0, 0.05) is 37.4 Å². The van der Waals surface area contributed by atoms with Gasteiger partial charge < -0.3 is 14.8 Å². The number of urea groups is 1. The summed E-state index contributed by atoms with van der Waals surface area (Å²) in [4.78, 5) is 23.9. The maximum atomic E-state index is 12.6. The van der Waals surface area contributed by atoms with Crippen molar-refractivity contribution in [2.75, 3.05) is 18.4 Å². The Balaban J connectivity index is 1.51. The molecule has 2 aromatic heterocycles. The van der Waals surface area contributed by atoms with Crippen LogP contribution in [0.3, 0.4) is 0 Å². The van der Waals surface area contributed by atoms with Gasteiger partial charge >= 0.3 is 6.03 Å². The molecule has 1 aliphatic rings. The lowest BCUT2D eigenvalue weighted by molar-refractivity contribution is 0.222. The van der Waals surface area contributed by atoms with E-state index in [0.717, 1.165) is 48.6 Å². The third-order valence-electron chi connectivity index (χ3n) is 5.12. The van der Waals surface area contributed by atoms with Gasteiger partial charge in [-0.3, -0.25) is 0 Å². The number of nitrogens with one attached hydrogen (secondary N) is 1. The van der Waals surface area contributed by atoms with E-state index in [9.17, 15) is 4.79 Å². The smallest absolute Gasteiger partial charge is 0.321 e. The third kappa shape index (κ3) is 3.52. The minimum atomic E-state index is -0.0439. The summed E-state index contributed by atoms with van der Waals surface area (Å²) in [6.07, 6.45) is 3.77. The van der Waals surface area contributed by atoms with Gasteiger partial charge in [-0.25, -0.2) is 14.8 Å². The zero-order valence-electron chi connectivity index (χ0n) is 15.9. The number of benzene rings is 1. The van der Waals surface area contributed by atoms with Crippen LogP contribution in [0, 0.1) is 6.92 Å². The highest BCUT2D eigenvalue weighted by molar-refractivity contribution is 5.89. The maximum Gasteiger partial charge on any atom is 0.321 e. The van der Waals surface area contributed by atoms with Crippen molar-refractivity contribution in [3.05, 3.63) is 54.0 Å². The van der Waals surface area contributed by atoms with Gasteiger partial charge in [-0.2, -0.15) is 0 Å². The lowest BCUT2D eigenvalue weighted by atomic mass is 10.1. The highest BCUT2D eigenvalue weighted by atomic mass is 16.2. The predicted molar refractivity (Wildman–Crippen MR) is 107 cm³/mol. The molecule has 6 heteroatoms. The summed E-state index contributed by atoms with van der Waals surface area (Å²) in [7, 11) is 0. The van der Waals surface area contributed by atoms with Crippen LogP contribution in [0.2, 0.25) is 0 Å². The molecule has 3 aromatic rings. The third-order valence-corrected chi connectivity index (χ3v) is 5.12. The summed E-state index contributed by atoms with van der Waals surface area (Å²) in [5.41, 5.74) is 3.88. The minimum absolute atomic E-state index is 0.0439. The molecule has 1 saturated heterocycles. The number of fused-ring (bicyclic) bond motifs is 1. The van der Waals surface area contributed by atoms with Gasteiger partial charge in [0.15, 0.2) is 5.65 Å². The largest absolute Gasteiger partial charge is 0.324 e. The molecular weight excluding hydrogens is 338 g/mol. The highest BCUT2D eigenvalue weighted by Crippen LogP contribution is 2.29. The average molecular weight is 363 g/mol. The van der Waals surface area contributed by atoms with E-state index >= 15 is 0 Å². The SMILES string of the molecule is CCCn1c(C2CCN(C(=O)Nc3ccc(C)cc3)C2)nc2cccnc21. The van der Waals surface area contributed by atoms with E-state index in [2.05, 4.69) is 21.8 Å². The standard InChI is InChI=1S/C21H25N5O/c1-3-12-26-19(24-18-5-4-11-22-20(18)26)16-10-13-25(14-16)21(27)23-17-8-6-15(2)7-9-17/h4-9,11,16H,3,10,12-14H2,1-2H3,(H,23,27). The highest BCUT2D eigenvalue weighted by Gasteiger charge is 2.31. The van der Waals surface area contributed by atoms with E-state index in [1.807, 2.05) is 54.4 Å². The molecular formula is C21H25N5O. The number of imidazole rings is 1. The summed E-state index contributed by atoms with van der Waals surface area (Å²) in [5, 5.41) is 3.00. The minimum Gasteiger partial charge on any atom is -0.324 e. The summed E-state index contributed by atoms with van der Waals surface area (Å²) < 4.78 is 2.22. The van der Waals surface area contributed by atoms with Crippen LogP contribution in [-0.2, 0) is 6.54 Å². The predicted octanol–water partition coefficient (Wildman–Crippen LogP) is 4.17. The number of nitrogens with zero attached hydrogens (tertiary/aromatic N) is 4. The fourth-order valence-corrected chi connectivity index (χ4v) is 3.73. The molecule has 1 aliphatic heterocycles. The lowest BCUT2D eigenvalue weighted by Crippen LogP contribution is -2.33. The first-order valence-electron chi connectivity index (χ1n) is 9.59. The fraction of sp³-hybridized carbons (Fsp3) is 0.381. The van der Waals surface area contributed by atoms with E-state index < -0.39 is 0 Å². The Morgan fingerprint density at radius 3 is 2.85 bits per heavy atom. The first-order chi connectivity index (χ1) is 13.2. The maximum absolute atomic E-state index is 12.6. The Morgan fingerprint density at radius 2 is 2.07 bits per heavy atom. The molecule has 4 rings (SSSR count). The fourth-order valence-electron chi connectivity index (χ4n) is 3.73. The molecule has 0 aliphatic carbocycles. The van der Waals surface area contributed by atoms with E-state index in [-0.39, 0.29) is 11.9 Å². The molecule has 1 atom stereocenters. The van der Waals surface area contributed by atoms with Gasteiger partial charge in [0.2, 0.25) is 0 Å². The first-order valence-corrected chi connectivity index (χ1v) is 9.59. The molecule has 1 unspecified atom stereocenters. The number of amides is 2. The quantitative estimate of drug-likeness (QED) is 0.757. The van der Waals surface area contributed by atoms with Crippen LogP contribution in [0.25, 0.3) is 11.2 Å². The molecule has 0 bridgehead atoms. The Hall–Kier alpha value is -2.89. The Labute approximate surface area is 159 Å². The van der Waals surface area contributed by atoms with Crippen molar-refractivity contribution in [1.29, 1.82) is 0 Å². The molecule has 27 heavy (non-hydrogen) atoms. The lowest BCUT2D eigenvalue weighted by Gasteiger charge is -2.18. The summed E-state index contributed by atoms with van der Waals surface area (Å²) >= 11 is 0. The monoisotopic (exact) mass is 363 g/mol. The second kappa shape index (κ2) is 7.39. The number of hydrogen-bond donors (Lipinski definition) is 1. The summed E-state index contributed by atoms with van der Waals surface area (Å²) in [6.45, 7) is 6.52. The average Bonchev–Trinajstić information content (AvgIpc) is 3.29. The van der Waals surface area contributed by atoms with Crippen LogP contribution in [0.15, 0.2) is 42.6 Å². The van der Waals surface area contributed by atoms with Gasteiger partial charge in [-0.05, 0) is 44.0 Å². The number of carbonyl (C=O) groups is 1. The normalized spacial score (nSPS) is 16.8. The second-order valence-electron chi connectivity index (χ2n) is 7.20. The molecule has 0 saturated carbocycles. The summed E-state index contributed by atoms with van der Waals surface area (Å²) in [5.74, 6) is 1.30. The number of rotatable bonds is 4. The van der Waals surface area contributed by atoms with Crippen molar-refractivity contribution in [1.82, 2.24) is 19.4 Å². The number of likely N-dealkylation sites (tertiary alicyclic amines) is 1. The molecule has 1 fully saturated rings. The number of anilines is 1. The second-order valence-corrected chi connectivity index (χ2v) is 7.20. The number of hydrogen-bond acceptors (Lipinski definition) is 3. The zero-order valence-corrected chi connectivity index (χ0v) is 15.9. The van der Waals surface area contributed by atoms with Crippen LogP contribution in [0.1, 0.15) is 37.1 Å². The Morgan fingerprint density at radius 1 is 1.26 bits per heavy atom. The number of aryl methyl sites for hydroxylation is 2. The summed E-state index contributed by atoms with van der Waals surface area (Å²) in [6, 6.07) is 11.8. The number of pyridine rings is 1. The topological polar surface area (TPSA) is 63.1 Å². The van der Waals surface area contributed by atoms with Crippen molar-refractivity contribution in [2.24, 2.45) is 0 Å². The van der Waals surface area contributed by atoms with E-state index in [1.54, 1.807) is 0 Å². The molecule has 2 amide bonds. The van der Waals surface area contributed by atoms with Gasteiger partial charge in [-0.1, -0.05) is 24.6 Å². The molecule has 0 radical (unpaired) electrons. The van der Waals surface area contributed by atoms with Crippen LogP contribution < -0.4 is 5.32 Å². The van der Waals surface area contributed by atoms with E-state index in [0.29, 0.717) is 6.54 Å². The Kier molecular flexibility index (Phi) is 4.79. The first kappa shape index (κ1) is 17.5. The van der Waals surface area contributed by atoms with Crippen molar-refractivity contribution in [3.8, 4) is 0 Å². The molecule has 3 heterocycles. The molecule has 6 nitrogen and oxygen atoms in total. The van der Waals surface area contributed by atoms with Crippen molar-refractivity contribution < 1.29 is 4.79 Å². The number of aromatic nitrogens is 3.